The number of nitrogens with one attached hydrogen (secondary N) is 1. The normalized spacial score (nSPS) is 11.8. The number of nitrogens with zero attached hydrogens (tertiary/aromatic N) is 2. The summed E-state index contributed by atoms with van der Waals surface area (Å²) in [5.74, 6) is 0. The fourth-order valence-electron chi connectivity index (χ4n) is 2.74. The summed E-state index contributed by atoms with van der Waals surface area (Å²) < 4.78 is 7.36. The molecule has 5 nitrogen and oxygen atoms in total. The number of para-hydroxylation sites is 1. The standard InChI is InChI=1S/C21H23N3O2/c1-21(2,3)26-20(25)23-22-13-17-15-24(14-16-9-5-4-6-10-16)19-12-8-7-11-18(17)19/h4-13,15H,14H2,1-3H3,(H,23,25)/b22-13+. The van der Waals surface area contributed by atoms with E-state index >= 15 is 0 Å². The van der Waals surface area contributed by atoms with E-state index in [0.717, 1.165) is 23.0 Å². The lowest BCUT2D eigenvalue weighted by Crippen LogP contribution is -2.29. The summed E-state index contributed by atoms with van der Waals surface area (Å²) in [5.41, 5.74) is 5.14. The van der Waals surface area contributed by atoms with Crippen LogP contribution in [-0.4, -0.2) is 22.5 Å². The second-order valence-corrected chi connectivity index (χ2v) is 7.09. The first-order chi connectivity index (χ1) is 12.4. The van der Waals surface area contributed by atoms with Gasteiger partial charge in [-0.25, -0.2) is 10.2 Å². The SMILES string of the molecule is CC(C)(C)OC(=O)N/N=C/c1cn(Cc2ccccc2)c2ccccc12. The monoisotopic (exact) mass is 349 g/mol. The van der Waals surface area contributed by atoms with Gasteiger partial charge in [-0.1, -0.05) is 48.5 Å². The molecule has 0 atom stereocenters. The molecule has 3 aromatic rings. The van der Waals surface area contributed by atoms with Crippen LogP contribution in [0.15, 0.2) is 65.9 Å². The van der Waals surface area contributed by atoms with Crippen molar-refractivity contribution in [3.63, 3.8) is 0 Å². The molecule has 0 bridgehead atoms. The molecule has 0 aliphatic carbocycles. The Morgan fingerprint density at radius 1 is 1.12 bits per heavy atom. The number of aromatic nitrogens is 1. The zero-order valence-corrected chi connectivity index (χ0v) is 15.3. The average Bonchev–Trinajstić information content (AvgIpc) is 2.92. The lowest BCUT2D eigenvalue weighted by atomic mass is 10.2. The number of fused-ring (bicyclic) bond motifs is 1. The summed E-state index contributed by atoms with van der Waals surface area (Å²) in [4.78, 5) is 11.7. The molecule has 134 valence electrons. The Balaban J connectivity index is 1.81. The molecular formula is C21H23N3O2. The van der Waals surface area contributed by atoms with Crippen molar-refractivity contribution in [3.05, 3.63) is 71.9 Å². The molecular weight excluding hydrogens is 326 g/mol. The van der Waals surface area contributed by atoms with Crippen LogP contribution in [0, 0.1) is 0 Å². The topological polar surface area (TPSA) is 55.6 Å². The zero-order valence-electron chi connectivity index (χ0n) is 15.3. The summed E-state index contributed by atoms with van der Waals surface area (Å²) >= 11 is 0. The van der Waals surface area contributed by atoms with E-state index in [1.165, 1.54) is 5.56 Å². The van der Waals surface area contributed by atoms with Crippen LogP contribution in [0.25, 0.3) is 10.9 Å². The van der Waals surface area contributed by atoms with Gasteiger partial charge in [0.15, 0.2) is 0 Å². The van der Waals surface area contributed by atoms with Crippen molar-refractivity contribution in [2.24, 2.45) is 5.10 Å². The molecule has 0 aliphatic heterocycles. The van der Waals surface area contributed by atoms with Gasteiger partial charge in [0.1, 0.15) is 5.60 Å². The Labute approximate surface area is 153 Å². The van der Waals surface area contributed by atoms with Gasteiger partial charge in [0.05, 0.1) is 6.21 Å². The van der Waals surface area contributed by atoms with Gasteiger partial charge < -0.3 is 9.30 Å². The minimum Gasteiger partial charge on any atom is -0.443 e. The minimum atomic E-state index is -0.568. The van der Waals surface area contributed by atoms with Crippen molar-refractivity contribution >= 4 is 23.2 Å². The third-order valence-electron chi connectivity index (χ3n) is 3.77. The van der Waals surface area contributed by atoms with E-state index in [4.69, 9.17) is 4.74 Å². The highest BCUT2D eigenvalue weighted by atomic mass is 16.6. The molecule has 0 unspecified atom stereocenters. The van der Waals surface area contributed by atoms with Crippen LogP contribution < -0.4 is 5.43 Å². The molecule has 5 heteroatoms. The molecule has 1 aromatic heterocycles. The first-order valence-electron chi connectivity index (χ1n) is 8.56. The van der Waals surface area contributed by atoms with Crippen molar-refractivity contribution in [1.82, 2.24) is 9.99 Å². The van der Waals surface area contributed by atoms with Crippen LogP contribution >= 0.6 is 0 Å². The number of hydrogen-bond acceptors (Lipinski definition) is 3. The quantitative estimate of drug-likeness (QED) is 0.555. The third kappa shape index (κ3) is 4.51. The largest absolute Gasteiger partial charge is 0.443 e. The van der Waals surface area contributed by atoms with Crippen molar-refractivity contribution in [3.8, 4) is 0 Å². The molecule has 1 amide bonds. The van der Waals surface area contributed by atoms with Crippen molar-refractivity contribution < 1.29 is 9.53 Å². The molecule has 1 N–H and O–H groups in total. The second-order valence-electron chi connectivity index (χ2n) is 7.09. The van der Waals surface area contributed by atoms with Gasteiger partial charge in [-0.3, -0.25) is 0 Å². The maximum Gasteiger partial charge on any atom is 0.428 e. The van der Waals surface area contributed by atoms with Crippen molar-refractivity contribution in [1.29, 1.82) is 0 Å². The van der Waals surface area contributed by atoms with Gasteiger partial charge in [0.2, 0.25) is 0 Å². The predicted molar refractivity (Wildman–Crippen MR) is 104 cm³/mol. The fraction of sp³-hybridized carbons (Fsp3) is 0.238. The Morgan fingerprint density at radius 3 is 2.54 bits per heavy atom. The van der Waals surface area contributed by atoms with E-state index in [-0.39, 0.29) is 0 Å². The Kier molecular flexibility index (Phi) is 5.07. The predicted octanol–water partition coefficient (Wildman–Crippen LogP) is 4.55. The number of benzene rings is 2. The Hall–Kier alpha value is -3.08. The first-order valence-corrected chi connectivity index (χ1v) is 8.56. The van der Waals surface area contributed by atoms with Crippen LogP contribution in [0.3, 0.4) is 0 Å². The highest BCUT2D eigenvalue weighted by molar-refractivity contribution is 5.99. The van der Waals surface area contributed by atoms with Crippen molar-refractivity contribution in [2.75, 3.05) is 0 Å². The highest BCUT2D eigenvalue weighted by Gasteiger charge is 2.15. The number of amides is 1. The molecule has 3 rings (SSSR count). The molecule has 0 radical (unpaired) electrons. The maximum atomic E-state index is 11.7. The maximum absolute atomic E-state index is 11.7. The van der Waals surface area contributed by atoms with Gasteiger partial charge in [0.25, 0.3) is 0 Å². The molecule has 0 fully saturated rings. The Bertz CT molecular complexity index is 921. The minimum absolute atomic E-state index is 0.550. The lowest BCUT2D eigenvalue weighted by molar-refractivity contribution is 0.0529. The average molecular weight is 349 g/mol. The summed E-state index contributed by atoms with van der Waals surface area (Å²) in [6, 6.07) is 18.4. The fourth-order valence-corrected chi connectivity index (χ4v) is 2.74. The summed E-state index contributed by atoms with van der Waals surface area (Å²) in [5, 5.41) is 5.11. The smallest absolute Gasteiger partial charge is 0.428 e. The van der Waals surface area contributed by atoms with Crippen molar-refractivity contribution in [2.45, 2.75) is 32.9 Å². The number of rotatable bonds is 4. The van der Waals surface area contributed by atoms with Crippen LogP contribution in [0.4, 0.5) is 4.79 Å². The molecule has 0 saturated carbocycles. The number of carbonyl (C=O) groups is 1. The number of hydrogen-bond donors (Lipinski definition) is 1. The van der Waals surface area contributed by atoms with E-state index in [1.54, 1.807) is 6.21 Å². The van der Waals surface area contributed by atoms with Crippen LogP contribution in [0.1, 0.15) is 31.9 Å². The molecule has 0 saturated heterocycles. The van der Waals surface area contributed by atoms with Gasteiger partial charge in [-0.05, 0) is 32.4 Å². The van der Waals surface area contributed by atoms with E-state index < -0.39 is 11.7 Å². The van der Waals surface area contributed by atoms with E-state index in [1.807, 2.05) is 63.4 Å². The molecule has 1 heterocycles. The van der Waals surface area contributed by atoms with Gasteiger partial charge >= 0.3 is 6.09 Å². The number of carbonyl (C=O) groups excluding carboxylic acids is 1. The van der Waals surface area contributed by atoms with Gasteiger partial charge in [-0.2, -0.15) is 5.10 Å². The highest BCUT2D eigenvalue weighted by Crippen LogP contribution is 2.21. The third-order valence-corrected chi connectivity index (χ3v) is 3.77. The van der Waals surface area contributed by atoms with E-state index in [0.29, 0.717) is 0 Å². The van der Waals surface area contributed by atoms with Gasteiger partial charge in [-0.15, -0.1) is 0 Å². The zero-order chi connectivity index (χ0) is 18.6. The number of hydrazone groups is 1. The molecule has 0 aliphatic rings. The molecule has 26 heavy (non-hydrogen) atoms. The van der Waals surface area contributed by atoms with E-state index in [2.05, 4.69) is 33.3 Å². The lowest BCUT2D eigenvalue weighted by Gasteiger charge is -2.18. The first kappa shape index (κ1) is 17.7. The number of ether oxygens (including phenoxy) is 1. The Morgan fingerprint density at radius 2 is 1.81 bits per heavy atom. The second kappa shape index (κ2) is 7.44. The molecule has 0 spiro atoms. The van der Waals surface area contributed by atoms with Crippen LogP contribution in [-0.2, 0) is 11.3 Å². The van der Waals surface area contributed by atoms with Crippen LogP contribution in [0.2, 0.25) is 0 Å². The summed E-state index contributed by atoms with van der Waals surface area (Å²) in [6.07, 6.45) is 3.12. The summed E-state index contributed by atoms with van der Waals surface area (Å²) in [7, 11) is 0. The summed E-state index contributed by atoms with van der Waals surface area (Å²) in [6.45, 7) is 6.21. The van der Waals surface area contributed by atoms with E-state index in [9.17, 15) is 4.79 Å². The van der Waals surface area contributed by atoms with Gasteiger partial charge in [0, 0.05) is 29.2 Å². The van der Waals surface area contributed by atoms with Crippen LogP contribution in [0.5, 0.6) is 0 Å². The molecule has 2 aromatic carbocycles.